The zero-order valence-corrected chi connectivity index (χ0v) is 11.3. The third-order valence-corrected chi connectivity index (χ3v) is 3.48. The minimum absolute atomic E-state index is 0.0239. The van der Waals surface area contributed by atoms with Gasteiger partial charge in [0.2, 0.25) is 0 Å². The molecule has 17 heavy (non-hydrogen) atoms. The van der Waals surface area contributed by atoms with Crippen LogP contribution in [0.25, 0.3) is 0 Å². The molecule has 4 heteroatoms. The van der Waals surface area contributed by atoms with Crippen LogP contribution in [0.3, 0.4) is 0 Å². The highest BCUT2D eigenvalue weighted by molar-refractivity contribution is 5.85. The van der Waals surface area contributed by atoms with Crippen molar-refractivity contribution in [2.45, 2.75) is 52.1 Å². The molecule has 0 aromatic rings. The quantitative estimate of drug-likeness (QED) is 0.740. The normalized spacial score (nSPS) is 24.9. The first-order chi connectivity index (χ1) is 7.90. The highest BCUT2D eigenvalue weighted by atomic mass is 16.5. The molecule has 0 radical (unpaired) electrons. The van der Waals surface area contributed by atoms with Gasteiger partial charge in [-0.15, -0.1) is 0 Å². The molecule has 0 spiro atoms. The van der Waals surface area contributed by atoms with Gasteiger partial charge in [-0.2, -0.15) is 0 Å². The average molecular weight is 242 g/mol. The predicted molar refractivity (Wildman–Crippen MR) is 68.7 cm³/mol. The number of carbonyl (C=O) groups excluding carboxylic acids is 1. The smallest absolute Gasteiger partial charge is 0.251 e. The van der Waals surface area contributed by atoms with Crippen LogP contribution in [0.5, 0.6) is 0 Å². The van der Waals surface area contributed by atoms with Gasteiger partial charge in [0.1, 0.15) is 5.60 Å². The van der Waals surface area contributed by atoms with E-state index in [1.807, 2.05) is 6.92 Å². The second-order valence-electron chi connectivity index (χ2n) is 5.92. The molecule has 3 N–H and O–H groups in total. The van der Waals surface area contributed by atoms with Gasteiger partial charge >= 0.3 is 0 Å². The van der Waals surface area contributed by atoms with Crippen molar-refractivity contribution in [2.24, 2.45) is 11.1 Å². The van der Waals surface area contributed by atoms with Crippen LogP contribution < -0.4 is 11.1 Å². The lowest BCUT2D eigenvalue weighted by atomic mass is 9.87. The largest absolute Gasteiger partial charge is 0.365 e. The summed E-state index contributed by atoms with van der Waals surface area (Å²) in [7, 11) is 0. The van der Waals surface area contributed by atoms with E-state index >= 15 is 0 Å². The number of hydrogen-bond acceptors (Lipinski definition) is 3. The van der Waals surface area contributed by atoms with E-state index in [0.717, 1.165) is 25.7 Å². The maximum atomic E-state index is 12.0. The van der Waals surface area contributed by atoms with E-state index in [4.69, 9.17) is 10.5 Å². The lowest BCUT2D eigenvalue weighted by Crippen LogP contribution is -2.46. The number of nitrogens with one attached hydrogen (secondary N) is 1. The number of nitrogens with two attached hydrogens (primary N) is 1. The first-order valence-corrected chi connectivity index (χ1v) is 6.52. The SMILES string of the molecule is CC(C)(CCCN)CNC(=O)C1(C)CCCO1. The average Bonchev–Trinajstić information content (AvgIpc) is 2.72. The van der Waals surface area contributed by atoms with E-state index < -0.39 is 5.60 Å². The second-order valence-corrected chi connectivity index (χ2v) is 5.92. The Hall–Kier alpha value is -0.610. The fourth-order valence-corrected chi connectivity index (χ4v) is 2.13. The van der Waals surface area contributed by atoms with Gasteiger partial charge in [0.25, 0.3) is 5.91 Å². The van der Waals surface area contributed by atoms with Crippen LogP contribution in [0, 0.1) is 5.41 Å². The maximum absolute atomic E-state index is 12.0. The molecule has 1 aliphatic rings. The minimum Gasteiger partial charge on any atom is -0.365 e. The molecule has 1 fully saturated rings. The Balaban J connectivity index is 2.36. The van der Waals surface area contributed by atoms with Gasteiger partial charge < -0.3 is 15.8 Å². The molecule has 0 aliphatic carbocycles. The Morgan fingerprint density at radius 3 is 2.76 bits per heavy atom. The molecule has 1 aliphatic heterocycles. The molecule has 4 nitrogen and oxygen atoms in total. The van der Waals surface area contributed by atoms with E-state index in [-0.39, 0.29) is 11.3 Å². The third kappa shape index (κ3) is 4.28. The molecule has 0 bridgehead atoms. The summed E-state index contributed by atoms with van der Waals surface area (Å²) in [6, 6.07) is 0. The fourth-order valence-electron chi connectivity index (χ4n) is 2.13. The van der Waals surface area contributed by atoms with Gasteiger partial charge in [-0.25, -0.2) is 0 Å². The Morgan fingerprint density at radius 2 is 2.24 bits per heavy atom. The number of carbonyl (C=O) groups is 1. The van der Waals surface area contributed by atoms with Gasteiger partial charge in [0.15, 0.2) is 0 Å². The zero-order chi connectivity index (χ0) is 12.9. The van der Waals surface area contributed by atoms with Gasteiger partial charge in [-0.1, -0.05) is 13.8 Å². The summed E-state index contributed by atoms with van der Waals surface area (Å²) in [6.45, 7) is 8.27. The number of rotatable bonds is 6. The van der Waals surface area contributed by atoms with Crippen LogP contribution in [0.2, 0.25) is 0 Å². The minimum atomic E-state index is -0.607. The maximum Gasteiger partial charge on any atom is 0.251 e. The highest BCUT2D eigenvalue weighted by Gasteiger charge is 2.38. The van der Waals surface area contributed by atoms with E-state index in [0.29, 0.717) is 19.7 Å². The molecule has 0 aromatic carbocycles. The summed E-state index contributed by atoms with van der Waals surface area (Å²) in [6.07, 6.45) is 3.82. The molecule has 1 amide bonds. The molecule has 1 unspecified atom stereocenters. The Morgan fingerprint density at radius 1 is 1.53 bits per heavy atom. The molecule has 0 saturated carbocycles. The van der Waals surface area contributed by atoms with Crippen LogP contribution >= 0.6 is 0 Å². The van der Waals surface area contributed by atoms with Crippen LogP contribution in [-0.4, -0.2) is 31.2 Å². The zero-order valence-electron chi connectivity index (χ0n) is 11.3. The summed E-state index contributed by atoms with van der Waals surface area (Å²) >= 11 is 0. The van der Waals surface area contributed by atoms with Gasteiger partial charge in [0, 0.05) is 13.2 Å². The monoisotopic (exact) mass is 242 g/mol. The molecule has 1 heterocycles. The summed E-state index contributed by atoms with van der Waals surface area (Å²) in [5.74, 6) is 0.0239. The molecule has 1 rings (SSSR count). The lowest BCUT2D eigenvalue weighted by Gasteiger charge is -2.28. The molecular formula is C13H26N2O2. The first-order valence-electron chi connectivity index (χ1n) is 6.52. The van der Waals surface area contributed by atoms with E-state index in [1.54, 1.807) is 0 Å². The molecule has 1 saturated heterocycles. The van der Waals surface area contributed by atoms with Crippen molar-refractivity contribution in [3.8, 4) is 0 Å². The molecule has 1 atom stereocenters. The van der Waals surface area contributed by atoms with Crippen molar-refractivity contribution >= 4 is 5.91 Å². The van der Waals surface area contributed by atoms with Crippen molar-refractivity contribution in [3.05, 3.63) is 0 Å². The van der Waals surface area contributed by atoms with Crippen molar-refractivity contribution < 1.29 is 9.53 Å². The standard InChI is InChI=1S/C13H26N2O2/c1-12(2,6-4-8-14)10-15-11(16)13(3)7-5-9-17-13/h4-10,14H2,1-3H3,(H,15,16). The number of amides is 1. The van der Waals surface area contributed by atoms with Crippen molar-refractivity contribution in [2.75, 3.05) is 19.7 Å². The van der Waals surface area contributed by atoms with Crippen LogP contribution in [0.15, 0.2) is 0 Å². The Kier molecular flexibility index (Phi) is 4.95. The summed E-state index contributed by atoms with van der Waals surface area (Å²) in [5.41, 5.74) is 5.00. The Bertz CT molecular complexity index is 258. The lowest BCUT2D eigenvalue weighted by molar-refractivity contribution is -0.140. The van der Waals surface area contributed by atoms with E-state index in [9.17, 15) is 4.79 Å². The van der Waals surface area contributed by atoms with E-state index in [1.165, 1.54) is 0 Å². The van der Waals surface area contributed by atoms with Crippen molar-refractivity contribution in [1.29, 1.82) is 0 Å². The van der Waals surface area contributed by atoms with Crippen LogP contribution in [0.4, 0.5) is 0 Å². The summed E-state index contributed by atoms with van der Waals surface area (Å²) in [5, 5.41) is 3.01. The van der Waals surface area contributed by atoms with Crippen LogP contribution in [0.1, 0.15) is 46.5 Å². The highest BCUT2D eigenvalue weighted by Crippen LogP contribution is 2.26. The van der Waals surface area contributed by atoms with Gasteiger partial charge in [-0.3, -0.25) is 4.79 Å². The number of ether oxygens (including phenoxy) is 1. The van der Waals surface area contributed by atoms with Gasteiger partial charge in [-0.05, 0) is 44.6 Å². The first kappa shape index (κ1) is 14.5. The molecule has 100 valence electrons. The van der Waals surface area contributed by atoms with Crippen LogP contribution in [-0.2, 0) is 9.53 Å². The number of hydrogen-bond donors (Lipinski definition) is 2. The predicted octanol–water partition coefficient (Wildman–Crippen LogP) is 1.44. The summed E-state index contributed by atoms with van der Waals surface area (Å²) in [4.78, 5) is 12.0. The van der Waals surface area contributed by atoms with Crippen molar-refractivity contribution in [3.63, 3.8) is 0 Å². The topological polar surface area (TPSA) is 64.3 Å². The molecule has 0 aromatic heterocycles. The fraction of sp³-hybridized carbons (Fsp3) is 0.923. The second kappa shape index (κ2) is 5.83. The molecular weight excluding hydrogens is 216 g/mol. The van der Waals surface area contributed by atoms with Crippen molar-refractivity contribution in [1.82, 2.24) is 5.32 Å². The summed E-state index contributed by atoms with van der Waals surface area (Å²) < 4.78 is 5.52. The third-order valence-electron chi connectivity index (χ3n) is 3.48. The van der Waals surface area contributed by atoms with E-state index in [2.05, 4.69) is 19.2 Å². The van der Waals surface area contributed by atoms with Gasteiger partial charge in [0.05, 0.1) is 0 Å². The Labute approximate surface area is 104 Å².